The van der Waals surface area contributed by atoms with Crippen LogP contribution in [0, 0.1) is 6.92 Å². The number of benzene rings is 1. The summed E-state index contributed by atoms with van der Waals surface area (Å²) in [4.78, 5) is 8.72. The van der Waals surface area contributed by atoms with Crippen molar-refractivity contribution in [3.8, 4) is 0 Å². The third kappa shape index (κ3) is 4.80. The number of pyridine rings is 1. The standard InChI is InChI=1S/C23H21F3N4S/c1-14-28-21(13-31-14)29-20-11-15(8-9-27-20)16-10-19(30-22(2,3)12-16)17-6-4-5-7-18(17)23(24,25)26/h4-13,30H,1-3H3,(H,27,29). The van der Waals surface area contributed by atoms with Crippen LogP contribution in [-0.2, 0) is 6.18 Å². The average Bonchev–Trinajstić information content (AvgIpc) is 3.11. The molecule has 4 nitrogen and oxygen atoms in total. The third-order valence-electron chi connectivity index (χ3n) is 4.76. The zero-order valence-electron chi connectivity index (χ0n) is 17.2. The molecule has 8 heteroatoms. The van der Waals surface area contributed by atoms with Gasteiger partial charge in [0.1, 0.15) is 11.6 Å². The Morgan fingerprint density at radius 1 is 1.10 bits per heavy atom. The van der Waals surface area contributed by atoms with Gasteiger partial charge in [-0.1, -0.05) is 24.3 Å². The number of thiazole rings is 1. The number of alkyl halides is 3. The minimum atomic E-state index is -4.44. The molecular weight excluding hydrogens is 421 g/mol. The van der Waals surface area contributed by atoms with Crippen LogP contribution in [0.3, 0.4) is 0 Å². The van der Waals surface area contributed by atoms with E-state index in [1.54, 1.807) is 18.3 Å². The molecule has 0 saturated heterocycles. The predicted molar refractivity (Wildman–Crippen MR) is 119 cm³/mol. The van der Waals surface area contributed by atoms with Gasteiger partial charge in [0.05, 0.1) is 16.1 Å². The van der Waals surface area contributed by atoms with Crippen molar-refractivity contribution in [2.45, 2.75) is 32.5 Å². The molecule has 31 heavy (non-hydrogen) atoms. The maximum atomic E-state index is 13.6. The monoisotopic (exact) mass is 442 g/mol. The second-order valence-electron chi connectivity index (χ2n) is 7.85. The van der Waals surface area contributed by atoms with E-state index in [1.165, 1.54) is 23.5 Å². The quantitative estimate of drug-likeness (QED) is 0.490. The SMILES string of the molecule is Cc1nc(Nc2cc(C3=CC(C)(C)NC(c4ccccc4C(F)(F)F)=C3)ccn2)cs1. The van der Waals surface area contributed by atoms with E-state index in [9.17, 15) is 13.2 Å². The molecule has 1 aliphatic rings. The van der Waals surface area contributed by atoms with Crippen LogP contribution >= 0.6 is 11.3 Å². The maximum Gasteiger partial charge on any atom is 0.417 e. The Hall–Kier alpha value is -3.13. The maximum absolute atomic E-state index is 13.6. The van der Waals surface area contributed by atoms with Gasteiger partial charge in [0.2, 0.25) is 0 Å². The number of hydrogen-bond acceptors (Lipinski definition) is 5. The van der Waals surface area contributed by atoms with Gasteiger partial charge in [-0.3, -0.25) is 0 Å². The van der Waals surface area contributed by atoms with Crippen molar-refractivity contribution < 1.29 is 13.2 Å². The first-order valence-corrected chi connectivity index (χ1v) is 10.5. The molecule has 3 heterocycles. The Morgan fingerprint density at radius 2 is 1.87 bits per heavy atom. The van der Waals surface area contributed by atoms with Crippen molar-refractivity contribution in [1.82, 2.24) is 15.3 Å². The Kier molecular flexibility index (Phi) is 5.35. The molecule has 1 aliphatic heterocycles. The Balaban J connectivity index is 1.73. The molecule has 0 amide bonds. The molecule has 1 aromatic carbocycles. The second-order valence-corrected chi connectivity index (χ2v) is 8.92. The summed E-state index contributed by atoms with van der Waals surface area (Å²) in [5, 5.41) is 9.24. The highest BCUT2D eigenvalue weighted by Gasteiger charge is 2.35. The lowest BCUT2D eigenvalue weighted by atomic mass is 9.89. The summed E-state index contributed by atoms with van der Waals surface area (Å²) in [6.45, 7) is 5.77. The number of hydrogen-bond donors (Lipinski definition) is 2. The lowest BCUT2D eigenvalue weighted by Crippen LogP contribution is -2.38. The van der Waals surface area contributed by atoms with Crippen molar-refractivity contribution in [2.24, 2.45) is 0 Å². The van der Waals surface area contributed by atoms with Crippen LogP contribution in [0.5, 0.6) is 0 Å². The van der Waals surface area contributed by atoms with Crippen LogP contribution < -0.4 is 10.6 Å². The predicted octanol–water partition coefficient (Wildman–Crippen LogP) is 6.42. The molecule has 160 valence electrons. The average molecular weight is 443 g/mol. The first-order chi connectivity index (χ1) is 14.6. The lowest BCUT2D eigenvalue weighted by Gasteiger charge is -2.32. The summed E-state index contributed by atoms with van der Waals surface area (Å²) in [6, 6.07) is 9.32. The van der Waals surface area contributed by atoms with Crippen LogP contribution in [0.2, 0.25) is 0 Å². The van der Waals surface area contributed by atoms with E-state index in [0.29, 0.717) is 17.3 Å². The van der Waals surface area contributed by atoms with Gasteiger partial charge < -0.3 is 10.6 Å². The summed E-state index contributed by atoms with van der Waals surface area (Å²) in [7, 11) is 0. The first kappa shape index (κ1) is 21.1. The van der Waals surface area contributed by atoms with E-state index >= 15 is 0 Å². The van der Waals surface area contributed by atoms with Gasteiger partial charge in [-0.05, 0) is 56.2 Å². The van der Waals surface area contributed by atoms with Crippen molar-refractivity contribution in [3.05, 3.63) is 81.8 Å². The van der Waals surface area contributed by atoms with Crippen LogP contribution in [0.25, 0.3) is 11.3 Å². The van der Waals surface area contributed by atoms with E-state index in [2.05, 4.69) is 20.6 Å². The summed E-state index contributed by atoms with van der Waals surface area (Å²) < 4.78 is 40.8. The van der Waals surface area contributed by atoms with Crippen molar-refractivity contribution >= 4 is 34.2 Å². The van der Waals surface area contributed by atoms with Crippen molar-refractivity contribution in [2.75, 3.05) is 5.32 Å². The molecule has 0 atom stereocenters. The smallest absolute Gasteiger partial charge is 0.376 e. The first-order valence-electron chi connectivity index (χ1n) is 9.66. The Labute approximate surface area is 182 Å². The Morgan fingerprint density at radius 3 is 2.58 bits per heavy atom. The summed E-state index contributed by atoms with van der Waals surface area (Å²) in [5.74, 6) is 1.33. The molecule has 0 radical (unpaired) electrons. The molecule has 2 aromatic heterocycles. The number of allylic oxidation sites excluding steroid dienone is 2. The molecule has 2 N–H and O–H groups in total. The molecule has 0 aliphatic carbocycles. The molecular formula is C23H21F3N4S. The van der Waals surface area contributed by atoms with Crippen molar-refractivity contribution in [3.63, 3.8) is 0 Å². The summed E-state index contributed by atoms with van der Waals surface area (Å²) in [5.41, 5.74) is 1.01. The Bertz CT molecular complexity index is 1180. The van der Waals surface area contributed by atoms with Gasteiger partial charge in [-0.15, -0.1) is 11.3 Å². The minimum absolute atomic E-state index is 0.124. The van der Waals surface area contributed by atoms with E-state index in [1.807, 2.05) is 44.4 Å². The molecule has 0 fully saturated rings. The fourth-order valence-corrected chi connectivity index (χ4v) is 4.06. The highest BCUT2D eigenvalue weighted by atomic mass is 32.1. The van der Waals surface area contributed by atoms with Gasteiger partial charge in [0.15, 0.2) is 0 Å². The number of rotatable bonds is 4. The zero-order chi connectivity index (χ0) is 22.2. The molecule has 4 rings (SSSR count). The topological polar surface area (TPSA) is 49.8 Å². The number of dihydropyridines is 1. The number of aromatic nitrogens is 2. The lowest BCUT2D eigenvalue weighted by molar-refractivity contribution is -0.137. The van der Waals surface area contributed by atoms with Crippen LogP contribution in [0.4, 0.5) is 24.8 Å². The molecule has 0 unspecified atom stereocenters. The number of nitrogens with zero attached hydrogens (tertiary/aromatic N) is 2. The van der Waals surface area contributed by atoms with E-state index < -0.39 is 17.3 Å². The van der Waals surface area contributed by atoms with Gasteiger partial charge in [-0.2, -0.15) is 13.2 Å². The fourth-order valence-electron chi connectivity index (χ4n) is 3.51. The van der Waals surface area contributed by atoms with Gasteiger partial charge in [-0.25, -0.2) is 9.97 Å². The zero-order valence-corrected chi connectivity index (χ0v) is 18.0. The molecule has 3 aromatic rings. The van der Waals surface area contributed by atoms with E-state index in [-0.39, 0.29) is 5.56 Å². The number of anilines is 2. The second kappa shape index (κ2) is 7.85. The third-order valence-corrected chi connectivity index (χ3v) is 5.54. The van der Waals surface area contributed by atoms with E-state index in [4.69, 9.17) is 0 Å². The normalized spacial score (nSPS) is 15.7. The molecule has 0 spiro atoms. The van der Waals surface area contributed by atoms with Crippen LogP contribution in [0.15, 0.2) is 60.1 Å². The largest absolute Gasteiger partial charge is 0.417 e. The van der Waals surface area contributed by atoms with Gasteiger partial charge in [0.25, 0.3) is 0 Å². The fraction of sp³-hybridized carbons (Fsp3) is 0.217. The van der Waals surface area contributed by atoms with Gasteiger partial charge >= 0.3 is 6.18 Å². The molecule has 0 saturated carbocycles. The minimum Gasteiger partial charge on any atom is -0.376 e. The number of nitrogens with one attached hydrogen (secondary N) is 2. The van der Waals surface area contributed by atoms with Crippen molar-refractivity contribution in [1.29, 1.82) is 0 Å². The van der Waals surface area contributed by atoms with Gasteiger partial charge in [0, 0.05) is 22.8 Å². The number of halogens is 3. The molecule has 0 bridgehead atoms. The van der Waals surface area contributed by atoms with E-state index in [0.717, 1.165) is 22.2 Å². The van der Waals surface area contributed by atoms with Crippen LogP contribution in [0.1, 0.15) is 35.5 Å². The number of aryl methyl sites for hydroxylation is 1. The highest BCUT2D eigenvalue weighted by molar-refractivity contribution is 7.09. The van der Waals surface area contributed by atoms with Crippen LogP contribution in [-0.4, -0.2) is 15.5 Å². The highest BCUT2D eigenvalue weighted by Crippen LogP contribution is 2.37. The summed E-state index contributed by atoms with van der Waals surface area (Å²) >= 11 is 1.53. The summed E-state index contributed by atoms with van der Waals surface area (Å²) in [6.07, 6.45) is 0.981.